The van der Waals surface area contributed by atoms with Crippen LogP contribution in [0.3, 0.4) is 0 Å². The third-order valence-corrected chi connectivity index (χ3v) is 3.12. The van der Waals surface area contributed by atoms with Crippen LogP contribution in [0.4, 0.5) is 0 Å². The molecule has 72 valence electrons. The van der Waals surface area contributed by atoms with E-state index in [1.807, 2.05) is 6.08 Å². The summed E-state index contributed by atoms with van der Waals surface area (Å²) in [7, 11) is 0. The highest BCUT2D eigenvalue weighted by Gasteiger charge is 2.15. The van der Waals surface area contributed by atoms with Crippen LogP contribution in [-0.2, 0) is 0 Å². The minimum absolute atomic E-state index is 0.668. The smallest absolute Gasteiger partial charge is 0.0431 e. The zero-order valence-electron chi connectivity index (χ0n) is 8.00. The topological polar surface area (TPSA) is 12.4 Å². The van der Waals surface area contributed by atoms with E-state index in [1.165, 1.54) is 18.4 Å². The molecule has 0 heterocycles. The SMILES string of the molecule is C=CC1=C(N=C)CC(CS)CCC1. The zero-order valence-corrected chi connectivity index (χ0v) is 8.89. The molecule has 1 nitrogen and oxygen atoms in total. The van der Waals surface area contributed by atoms with E-state index in [9.17, 15) is 0 Å². The van der Waals surface area contributed by atoms with E-state index in [4.69, 9.17) is 0 Å². The van der Waals surface area contributed by atoms with Crippen LogP contribution < -0.4 is 0 Å². The molecule has 0 N–H and O–H groups in total. The van der Waals surface area contributed by atoms with E-state index in [-0.39, 0.29) is 0 Å². The van der Waals surface area contributed by atoms with E-state index in [2.05, 4.69) is 30.9 Å². The molecule has 2 heteroatoms. The van der Waals surface area contributed by atoms with E-state index in [0.29, 0.717) is 5.92 Å². The number of thiol groups is 1. The Morgan fingerprint density at radius 2 is 2.38 bits per heavy atom. The molecule has 0 saturated heterocycles. The van der Waals surface area contributed by atoms with Gasteiger partial charge in [-0.05, 0) is 49.6 Å². The predicted molar refractivity (Wildman–Crippen MR) is 62.6 cm³/mol. The largest absolute Gasteiger partial charge is 0.269 e. The van der Waals surface area contributed by atoms with Gasteiger partial charge in [0, 0.05) is 5.70 Å². The van der Waals surface area contributed by atoms with Crippen LogP contribution in [0.5, 0.6) is 0 Å². The summed E-state index contributed by atoms with van der Waals surface area (Å²) in [5.74, 6) is 1.62. The van der Waals surface area contributed by atoms with Crippen molar-refractivity contribution in [2.75, 3.05) is 5.75 Å². The van der Waals surface area contributed by atoms with Crippen molar-refractivity contribution in [3.05, 3.63) is 23.9 Å². The monoisotopic (exact) mass is 195 g/mol. The lowest BCUT2D eigenvalue weighted by Gasteiger charge is -2.10. The minimum Gasteiger partial charge on any atom is -0.269 e. The van der Waals surface area contributed by atoms with Crippen LogP contribution in [0.2, 0.25) is 0 Å². The van der Waals surface area contributed by atoms with Crippen molar-refractivity contribution < 1.29 is 0 Å². The van der Waals surface area contributed by atoms with Gasteiger partial charge in [-0.2, -0.15) is 12.6 Å². The van der Waals surface area contributed by atoms with Crippen LogP contribution >= 0.6 is 12.6 Å². The minimum atomic E-state index is 0.668. The highest BCUT2D eigenvalue weighted by Crippen LogP contribution is 2.29. The molecule has 1 atom stereocenters. The van der Waals surface area contributed by atoms with Gasteiger partial charge in [0.25, 0.3) is 0 Å². The first-order valence-electron chi connectivity index (χ1n) is 4.73. The molecule has 0 radical (unpaired) electrons. The van der Waals surface area contributed by atoms with Crippen molar-refractivity contribution in [2.24, 2.45) is 10.9 Å². The molecule has 1 aliphatic carbocycles. The van der Waals surface area contributed by atoms with Crippen LogP contribution in [0.15, 0.2) is 28.9 Å². The second-order valence-electron chi connectivity index (χ2n) is 3.48. The molecule has 0 amide bonds. The Morgan fingerprint density at radius 3 is 2.92 bits per heavy atom. The fraction of sp³-hybridized carbons (Fsp3) is 0.545. The molecule has 0 aliphatic heterocycles. The maximum absolute atomic E-state index is 4.34. The summed E-state index contributed by atoms with van der Waals surface area (Å²) in [6.07, 6.45) is 6.52. The van der Waals surface area contributed by atoms with E-state index in [0.717, 1.165) is 24.3 Å². The first-order valence-corrected chi connectivity index (χ1v) is 5.37. The molecule has 0 bridgehead atoms. The second kappa shape index (κ2) is 5.28. The average molecular weight is 195 g/mol. The van der Waals surface area contributed by atoms with Crippen LogP contribution in [0.25, 0.3) is 0 Å². The van der Waals surface area contributed by atoms with Gasteiger partial charge in [0.1, 0.15) is 0 Å². The number of hydrogen-bond acceptors (Lipinski definition) is 2. The fourth-order valence-corrected chi connectivity index (χ4v) is 2.09. The van der Waals surface area contributed by atoms with Crippen molar-refractivity contribution in [1.29, 1.82) is 0 Å². The molecule has 1 aliphatic rings. The van der Waals surface area contributed by atoms with Crippen molar-refractivity contribution >= 4 is 19.3 Å². The lowest BCUT2D eigenvalue weighted by molar-refractivity contribution is 0.532. The quantitative estimate of drug-likeness (QED) is 0.524. The lowest BCUT2D eigenvalue weighted by Crippen LogP contribution is -2.01. The summed E-state index contributed by atoms with van der Waals surface area (Å²) < 4.78 is 0. The number of aliphatic imine (C=N–C) groups is 1. The van der Waals surface area contributed by atoms with Crippen molar-refractivity contribution in [3.63, 3.8) is 0 Å². The average Bonchev–Trinajstić information content (AvgIpc) is 2.38. The van der Waals surface area contributed by atoms with E-state index in [1.54, 1.807) is 0 Å². The third-order valence-electron chi connectivity index (χ3n) is 2.61. The first-order chi connectivity index (χ1) is 6.31. The van der Waals surface area contributed by atoms with Crippen molar-refractivity contribution in [1.82, 2.24) is 0 Å². The summed E-state index contributed by atoms with van der Waals surface area (Å²) in [6, 6.07) is 0. The highest BCUT2D eigenvalue weighted by molar-refractivity contribution is 7.80. The number of hydrogen-bond donors (Lipinski definition) is 1. The van der Waals surface area contributed by atoms with Crippen molar-refractivity contribution in [3.8, 4) is 0 Å². The zero-order chi connectivity index (χ0) is 9.68. The van der Waals surface area contributed by atoms with Gasteiger partial charge in [0.05, 0.1) is 0 Å². The third kappa shape index (κ3) is 2.73. The molecule has 13 heavy (non-hydrogen) atoms. The first kappa shape index (κ1) is 10.6. The van der Waals surface area contributed by atoms with Gasteiger partial charge in [-0.3, -0.25) is 4.99 Å². The summed E-state index contributed by atoms with van der Waals surface area (Å²) in [6.45, 7) is 7.42. The summed E-state index contributed by atoms with van der Waals surface area (Å²) in [5.41, 5.74) is 2.41. The highest BCUT2D eigenvalue weighted by atomic mass is 32.1. The Kier molecular flexibility index (Phi) is 4.29. The van der Waals surface area contributed by atoms with Crippen molar-refractivity contribution in [2.45, 2.75) is 25.7 Å². The number of nitrogens with zero attached hydrogens (tertiary/aromatic N) is 1. The molecule has 0 spiro atoms. The Hall–Kier alpha value is -0.500. The Bertz CT molecular complexity index is 230. The Balaban J connectivity index is 2.80. The van der Waals surface area contributed by atoms with Gasteiger partial charge >= 0.3 is 0 Å². The van der Waals surface area contributed by atoms with Gasteiger partial charge in [-0.1, -0.05) is 12.7 Å². The molecule has 0 aromatic heterocycles. The maximum Gasteiger partial charge on any atom is 0.0431 e. The molecule has 0 aromatic carbocycles. The maximum atomic E-state index is 4.34. The van der Waals surface area contributed by atoms with Crippen LogP contribution in [0, 0.1) is 5.92 Å². The van der Waals surface area contributed by atoms with Gasteiger partial charge < -0.3 is 0 Å². The number of rotatable bonds is 3. The number of allylic oxidation sites excluding steroid dienone is 3. The van der Waals surface area contributed by atoms with Gasteiger partial charge in [0.15, 0.2) is 0 Å². The van der Waals surface area contributed by atoms with E-state index < -0.39 is 0 Å². The molecular formula is C11H17NS. The molecule has 0 saturated carbocycles. The predicted octanol–water partition coefficient (Wildman–Crippen LogP) is 3.25. The molecule has 1 rings (SSSR count). The van der Waals surface area contributed by atoms with Gasteiger partial charge in [-0.15, -0.1) is 0 Å². The summed E-state index contributed by atoms with van der Waals surface area (Å²) in [5, 5.41) is 0. The second-order valence-corrected chi connectivity index (χ2v) is 3.84. The summed E-state index contributed by atoms with van der Waals surface area (Å²) >= 11 is 4.34. The standard InChI is InChI=1S/C11H17NS/c1-3-10-6-4-5-9(8-13)7-11(10)12-2/h3,9,13H,1-2,4-8H2. The van der Waals surface area contributed by atoms with Crippen LogP contribution in [0.1, 0.15) is 25.7 Å². The Labute approximate surface area is 86.1 Å². The van der Waals surface area contributed by atoms with Gasteiger partial charge in [0.2, 0.25) is 0 Å². The molecular weight excluding hydrogens is 178 g/mol. The normalized spacial score (nSPS) is 23.9. The van der Waals surface area contributed by atoms with Crippen LogP contribution in [-0.4, -0.2) is 12.5 Å². The van der Waals surface area contributed by atoms with E-state index >= 15 is 0 Å². The Morgan fingerprint density at radius 1 is 1.62 bits per heavy atom. The molecule has 1 unspecified atom stereocenters. The fourth-order valence-electron chi connectivity index (χ4n) is 1.77. The summed E-state index contributed by atoms with van der Waals surface area (Å²) in [4.78, 5) is 4.08. The molecule has 0 aromatic rings. The molecule has 0 fully saturated rings. The van der Waals surface area contributed by atoms with Gasteiger partial charge in [-0.25, -0.2) is 0 Å². The lowest BCUT2D eigenvalue weighted by atomic mass is 10.0.